The van der Waals surface area contributed by atoms with E-state index in [4.69, 9.17) is 9.47 Å². The Balaban J connectivity index is 1.45. The molecule has 0 unspecified atom stereocenters. The molecule has 2 fully saturated rings. The van der Waals surface area contributed by atoms with Crippen molar-refractivity contribution < 1.29 is 14.3 Å². The summed E-state index contributed by atoms with van der Waals surface area (Å²) in [5.41, 5.74) is 0. The van der Waals surface area contributed by atoms with E-state index in [1.54, 1.807) is 12.3 Å². The normalized spacial score (nSPS) is 18.1. The highest BCUT2D eigenvalue weighted by atomic mass is 16.5. The average molecular weight is 320 g/mol. The largest absolute Gasteiger partial charge is 0.478 e. The van der Waals surface area contributed by atoms with Gasteiger partial charge in [-0.2, -0.15) is 4.98 Å². The van der Waals surface area contributed by atoms with Crippen LogP contribution in [0.3, 0.4) is 0 Å². The minimum absolute atomic E-state index is 0.0780. The van der Waals surface area contributed by atoms with Crippen molar-refractivity contribution in [3.63, 3.8) is 0 Å². The number of aromatic nitrogens is 2. The number of hydrogen-bond donors (Lipinski definition) is 0. The molecule has 7 nitrogen and oxygen atoms in total. The summed E-state index contributed by atoms with van der Waals surface area (Å²) >= 11 is 0. The molecule has 1 saturated heterocycles. The van der Waals surface area contributed by atoms with Crippen LogP contribution in [-0.2, 0) is 9.53 Å². The molecule has 0 N–H and O–H groups in total. The Morgan fingerprint density at radius 2 is 2.09 bits per heavy atom. The molecule has 0 bridgehead atoms. The SMILES string of the molecule is CCOc1ccnc(N2CCN(C(=O)COCC3CC3)CC2)n1. The second-order valence-electron chi connectivity index (χ2n) is 5.95. The molecule has 2 heterocycles. The zero-order chi connectivity index (χ0) is 16.1. The molecule has 1 aliphatic carbocycles. The van der Waals surface area contributed by atoms with E-state index >= 15 is 0 Å². The van der Waals surface area contributed by atoms with E-state index in [2.05, 4.69) is 14.9 Å². The van der Waals surface area contributed by atoms with Crippen LogP contribution in [0.5, 0.6) is 5.88 Å². The lowest BCUT2D eigenvalue weighted by Gasteiger charge is -2.34. The molecule has 0 spiro atoms. The molecule has 1 aromatic rings. The third kappa shape index (κ3) is 4.54. The lowest BCUT2D eigenvalue weighted by Crippen LogP contribution is -2.50. The van der Waals surface area contributed by atoms with Crippen molar-refractivity contribution in [1.82, 2.24) is 14.9 Å². The van der Waals surface area contributed by atoms with Gasteiger partial charge in [0.1, 0.15) is 6.61 Å². The molecule has 1 aromatic heterocycles. The minimum Gasteiger partial charge on any atom is -0.478 e. The van der Waals surface area contributed by atoms with Gasteiger partial charge in [-0.15, -0.1) is 0 Å². The fraction of sp³-hybridized carbons (Fsp3) is 0.688. The summed E-state index contributed by atoms with van der Waals surface area (Å²) in [5.74, 6) is 2.02. The molecular weight excluding hydrogens is 296 g/mol. The zero-order valence-electron chi connectivity index (χ0n) is 13.6. The van der Waals surface area contributed by atoms with Crippen molar-refractivity contribution in [2.75, 3.05) is 50.9 Å². The van der Waals surface area contributed by atoms with Crippen molar-refractivity contribution >= 4 is 11.9 Å². The fourth-order valence-corrected chi connectivity index (χ4v) is 2.56. The summed E-state index contributed by atoms with van der Waals surface area (Å²) in [6.07, 6.45) is 4.19. The maximum Gasteiger partial charge on any atom is 0.248 e. The van der Waals surface area contributed by atoms with Crippen LogP contribution in [0.1, 0.15) is 19.8 Å². The minimum atomic E-state index is 0.0780. The highest BCUT2D eigenvalue weighted by molar-refractivity contribution is 5.77. The van der Waals surface area contributed by atoms with Crippen LogP contribution in [0.2, 0.25) is 0 Å². The van der Waals surface area contributed by atoms with Gasteiger partial charge < -0.3 is 19.3 Å². The van der Waals surface area contributed by atoms with Crippen molar-refractivity contribution in [3.8, 4) is 5.88 Å². The Labute approximate surface area is 136 Å². The Bertz CT molecular complexity index is 528. The Kier molecular flexibility index (Phi) is 5.27. The predicted octanol–water partition coefficient (Wildman–Crippen LogP) is 0.950. The van der Waals surface area contributed by atoms with Crippen LogP contribution >= 0.6 is 0 Å². The van der Waals surface area contributed by atoms with Crippen LogP contribution in [-0.4, -0.2) is 66.8 Å². The topological polar surface area (TPSA) is 67.8 Å². The molecule has 0 atom stereocenters. The van der Waals surface area contributed by atoms with E-state index in [-0.39, 0.29) is 12.5 Å². The first kappa shape index (κ1) is 16.0. The highest BCUT2D eigenvalue weighted by Crippen LogP contribution is 2.28. The van der Waals surface area contributed by atoms with E-state index in [0.717, 1.165) is 19.7 Å². The van der Waals surface area contributed by atoms with Crippen LogP contribution in [0.25, 0.3) is 0 Å². The van der Waals surface area contributed by atoms with Gasteiger partial charge in [-0.3, -0.25) is 4.79 Å². The molecular formula is C16H24N4O3. The van der Waals surface area contributed by atoms with Gasteiger partial charge in [0, 0.05) is 38.4 Å². The predicted molar refractivity (Wildman–Crippen MR) is 85.5 cm³/mol. The second-order valence-corrected chi connectivity index (χ2v) is 5.95. The van der Waals surface area contributed by atoms with Crippen molar-refractivity contribution in [1.29, 1.82) is 0 Å². The fourth-order valence-electron chi connectivity index (χ4n) is 2.56. The van der Waals surface area contributed by atoms with Gasteiger partial charge in [-0.1, -0.05) is 0 Å². The third-order valence-electron chi connectivity index (χ3n) is 4.10. The van der Waals surface area contributed by atoms with E-state index in [1.165, 1.54) is 12.8 Å². The maximum atomic E-state index is 12.1. The number of amides is 1. The van der Waals surface area contributed by atoms with Gasteiger partial charge in [-0.05, 0) is 25.7 Å². The van der Waals surface area contributed by atoms with Gasteiger partial charge in [0.05, 0.1) is 13.2 Å². The van der Waals surface area contributed by atoms with Gasteiger partial charge >= 0.3 is 0 Å². The molecule has 2 aliphatic rings. The molecule has 7 heteroatoms. The second kappa shape index (κ2) is 7.59. The summed E-state index contributed by atoms with van der Waals surface area (Å²) < 4.78 is 10.9. The zero-order valence-corrected chi connectivity index (χ0v) is 13.6. The summed E-state index contributed by atoms with van der Waals surface area (Å²) in [6, 6.07) is 1.75. The van der Waals surface area contributed by atoms with E-state index in [1.807, 2.05) is 11.8 Å². The quantitative estimate of drug-likeness (QED) is 0.745. The molecule has 1 aliphatic heterocycles. The number of carbonyl (C=O) groups excluding carboxylic acids is 1. The van der Waals surface area contributed by atoms with Gasteiger partial charge in [0.25, 0.3) is 0 Å². The highest BCUT2D eigenvalue weighted by Gasteiger charge is 2.25. The lowest BCUT2D eigenvalue weighted by atomic mass is 10.3. The van der Waals surface area contributed by atoms with Gasteiger partial charge in [0.2, 0.25) is 17.7 Å². The number of anilines is 1. The molecule has 1 saturated carbocycles. The van der Waals surface area contributed by atoms with E-state index in [9.17, 15) is 4.79 Å². The molecule has 3 rings (SSSR count). The third-order valence-corrected chi connectivity index (χ3v) is 4.10. The van der Waals surface area contributed by atoms with Gasteiger partial charge in [-0.25, -0.2) is 4.98 Å². The number of piperazine rings is 1. The number of ether oxygens (including phenoxy) is 2. The lowest BCUT2D eigenvalue weighted by molar-refractivity contribution is -0.136. The first-order valence-electron chi connectivity index (χ1n) is 8.32. The Morgan fingerprint density at radius 1 is 1.30 bits per heavy atom. The first-order chi connectivity index (χ1) is 11.3. The van der Waals surface area contributed by atoms with Crippen LogP contribution < -0.4 is 9.64 Å². The monoisotopic (exact) mass is 320 g/mol. The number of carbonyl (C=O) groups is 1. The summed E-state index contributed by atoms with van der Waals surface area (Å²) in [7, 11) is 0. The molecule has 1 amide bonds. The van der Waals surface area contributed by atoms with Crippen molar-refractivity contribution in [3.05, 3.63) is 12.3 Å². The Morgan fingerprint density at radius 3 is 2.78 bits per heavy atom. The molecule has 0 radical (unpaired) electrons. The average Bonchev–Trinajstić information content (AvgIpc) is 3.40. The van der Waals surface area contributed by atoms with Crippen molar-refractivity contribution in [2.24, 2.45) is 5.92 Å². The van der Waals surface area contributed by atoms with E-state index in [0.29, 0.717) is 37.4 Å². The van der Waals surface area contributed by atoms with Crippen LogP contribution in [0.4, 0.5) is 5.95 Å². The summed E-state index contributed by atoms with van der Waals surface area (Å²) in [5, 5.41) is 0. The number of nitrogens with zero attached hydrogens (tertiary/aromatic N) is 4. The first-order valence-corrected chi connectivity index (χ1v) is 8.32. The summed E-state index contributed by atoms with van der Waals surface area (Å²) in [6.45, 7) is 6.24. The molecule has 0 aromatic carbocycles. The molecule has 23 heavy (non-hydrogen) atoms. The maximum absolute atomic E-state index is 12.1. The van der Waals surface area contributed by atoms with Crippen LogP contribution in [0.15, 0.2) is 12.3 Å². The van der Waals surface area contributed by atoms with Gasteiger partial charge in [0.15, 0.2) is 0 Å². The van der Waals surface area contributed by atoms with Crippen molar-refractivity contribution in [2.45, 2.75) is 19.8 Å². The smallest absolute Gasteiger partial charge is 0.248 e. The number of hydrogen-bond acceptors (Lipinski definition) is 6. The summed E-state index contributed by atoms with van der Waals surface area (Å²) in [4.78, 5) is 24.7. The molecule has 126 valence electrons. The standard InChI is InChI=1S/C16H24N4O3/c1-2-23-14-5-6-17-16(18-14)20-9-7-19(8-10-20)15(21)12-22-11-13-3-4-13/h5-6,13H,2-4,7-12H2,1H3. The Hall–Kier alpha value is -1.89. The van der Waals surface area contributed by atoms with E-state index < -0.39 is 0 Å². The van der Waals surface area contributed by atoms with Crippen LogP contribution in [0, 0.1) is 5.92 Å². The number of rotatable bonds is 7.